The molecule has 0 spiro atoms. The first-order valence-electron chi connectivity index (χ1n) is 6.24. The van der Waals surface area contributed by atoms with E-state index in [4.69, 9.17) is 9.47 Å². The first-order valence-corrected chi connectivity index (χ1v) is 6.24. The summed E-state index contributed by atoms with van der Waals surface area (Å²) in [5.74, 6) is -1.22. The Morgan fingerprint density at radius 2 is 1.65 bits per heavy atom. The molecule has 4 heteroatoms. The van der Waals surface area contributed by atoms with Crippen LogP contribution in [-0.4, -0.2) is 26.2 Å². The monoisotopic (exact) mass is 272 g/mol. The first kappa shape index (κ1) is 14.1. The molecule has 0 radical (unpaired) electrons. The number of allylic oxidation sites excluding steroid dienone is 3. The first-order chi connectivity index (χ1) is 9.64. The van der Waals surface area contributed by atoms with Crippen molar-refractivity contribution in [3.8, 4) is 0 Å². The van der Waals surface area contributed by atoms with Crippen LogP contribution in [0.4, 0.5) is 0 Å². The molecule has 0 saturated carbocycles. The van der Waals surface area contributed by atoms with E-state index in [2.05, 4.69) is 0 Å². The normalized spacial score (nSPS) is 16.2. The summed E-state index contributed by atoms with van der Waals surface area (Å²) < 4.78 is 9.56. The molecule has 1 aliphatic carbocycles. The van der Waals surface area contributed by atoms with Crippen LogP contribution < -0.4 is 0 Å². The van der Waals surface area contributed by atoms with Gasteiger partial charge in [0.15, 0.2) is 5.41 Å². The molecular formula is C16H16O4. The zero-order chi connectivity index (χ0) is 14.6. The molecule has 4 nitrogen and oxygen atoms in total. The van der Waals surface area contributed by atoms with Crippen LogP contribution in [-0.2, 0) is 19.1 Å². The van der Waals surface area contributed by atoms with Gasteiger partial charge in [-0.15, -0.1) is 0 Å². The topological polar surface area (TPSA) is 52.6 Å². The van der Waals surface area contributed by atoms with Gasteiger partial charge in [0, 0.05) is 6.42 Å². The lowest BCUT2D eigenvalue weighted by Crippen LogP contribution is -2.40. The SMILES string of the molecule is COC(=O)C1(C(=O)OC)C=CC=C(c2ccccc2)C1. The standard InChI is InChI=1S/C16H16O4/c1-19-14(17)16(15(18)20-2)10-6-9-13(11-16)12-7-4-3-5-8-12/h3-10H,11H2,1-2H3. The molecule has 0 aliphatic heterocycles. The van der Waals surface area contributed by atoms with E-state index in [1.54, 1.807) is 6.08 Å². The average Bonchev–Trinajstić information content (AvgIpc) is 2.54. The number of carbonyl (C=O) groups is 2. The van der Waals surface area contributed by atoms with Crippen LogP contribution >= 0.6 is 0 Å². The minimum absolute atomic E-state index is 0.229. The van der Waals surface area contributed by atoms with Gasteiger partial charge in [0.05, 0.1) is 14.2 Å². The van der Waals surface area contributed by atoms with E-state index in [1.165, 1.54) is 20.3 Å². The lowest BCUT2D eigenvalue weighted by molar-refractivity contribution is -0.164. The molecule has 0 aromatic heterocycles. The summed E-state index contributed by atoms with van der Waals surface area (Å²) in [6.45, 7) is 0. The molecule has 104 valence electrons. The number of hydrogen-bond donors (Lipinski definition) is 0. The summed E-state index contributed by atoms with van der Waals surface area (Å²) in [6, 6.07) is 9.60. The Kier molecular flexibility index (Phi) is 4.03. The molecule has 0 N–H and O–H groups in total. The fraction of sp³-hybridized carbons (Fsp3) is 0.250. The molecule has 1 aromatic rings. The second kappa shape index (κ2) is 5.74. The Morgan fingerprint density at radius 3 is 2.20 bits per heavy atom. The van der Waals surface area contributed by atoms with Crippen molar-refractivity contribution >= 4 is 17.5 Å². The van der Waals surface area contributed by atoms with Crippen molar-refractivity contribution < 1.29 is 19.1 Å². The van der Waals surface area contributed by atoms with E-state index in [0.717, 1.165) is 11.1 Å². The van der Waals surface area contributed by atoms with Crippen LogP contribution in [0.1, 0.15) is 12.0 Å². The van der Waals surface area contributed by atoms with Gasteiger partial charge in [-0.25, -0.2) is 0 Å². The van der Waals surface area contributed by atoms with Gasteiger partial charge >= 0.3 is 11.9 Å². The largest absolute Gasteiger partial charge is 0.468 e. The molecule has 1 aromatic carbocycles. The van der Waals surface area contributed by atoms with Crippen LogP contribution in [0, 0.1) is 5.41 Å². The predicted octanol–water partition coefficient (Wildman–Crippen LogP) is 2.36. The molecule has 0 unspecified atom stereocenters. The Morgan fingerprint density at radius 1 is 1.05 bits per heavy atom. The molecule has 0 atom stereocenters. The summed E-state index contributed by atoms with van der Waals surface area (Å²) in [5, 5.41) is 0. The highest BCUT2D eigenvalue weighted by Crippen LogP contribution is 2.38. The number of esters is 2. The maximum atomic E-state index is 12.1. The lowest BCUT2D eigenvalue weighted by atomic mass is 9.76. The second-order valence-electron chi connectivity index (χ2n) is 4.55. The van der Waals surface area contributed by atoms with Crippen molar-refractivity contribution in [3.05, 3.63) is 54.1 Å². The third kappa shape index (κ3) is 2.37. The van der Waals surface area contributed by atoms with E-state index in [-0.39, 0.29) is 6.42 Å². The van der Waals surface area contributed by atoms with Gasteiger partial charge in [-0.3, -0.25) is 9.59 Å². The smallest absolute Gasteiger partial charge is 0.327 e. The fourth-order valence-corrected chi connectivity index (χ4v) is 2.33. The predicted molar refractivity (Wildman–Crippen MR) is 74.6 cm³/mol. The molecule has 20 heavy (non-hydrogen) atoms. The van der Waals surface area contributed by atoms with E-state index in [1.807, 2.05) is 36.4 Å². The summed E-state index contributed by atoms with van der Waals surface area (Å²) in [7, 11) is 2.53. The molecule has 0 saturated heterocycles. The van der Waals surface area contributed by atoms with Crippen molar-refractivity contribution in [2.24, 2.45) is 5.41 Å². The third-order valence-corrected chi connectivity index (χ3v) is 3.39. The molecule has 0 heterocycles. The van der Waals surface area contributed by atoms with Crippen LogP contribution in [0.15, 0.2) is 48.6 Å². The zero-order valence-electron chi connectivity index (χ0n) is 11.5. The minimum Gasteiger partial charge on any atom is -0.468 e. The van der Waals surface area contributed by atoms with Crippen LogP contribution in [0.2, 0.25) is 0 Å². The highest BCUT2D eigenvalue weighted by Gasteiger charge is 2.47. The Hall–Kier alpha value is -2.36. The fourth-order valence-electron chi connectivity index (χ4n) is 2.33. The number of rotatable bonds is 3. The Balaban J connectivity index is 2.40. The number of ether oxygens (including phenoxy) is 2. The summed E-state index contributed by atoms with van der Waals surface area (Å²) in [6.07, 6.45) is 5.35. The molecular weight excluding hydrogens is 256 g/mol. The van der Waals surface area contributed by atoms with Crippen LogP contribution in [0.3, 0.4) is 0 Å². The van der Waals surface area contributed by atoms with Crippen LogP contribution in [0.25, 0.3) is 5.57 Å². The lowest BCUT2D eigenvalue weighted by Gasteiger charge is -2.28. The van der Waals surface area contributed by atoms with E-state index < -0.39 is 17.4 Å². The van der Waals surface area contributed by atoms with E-state index in [9.17, 15) is 9.59 Å². The van der Waals surface area contributed by atoms with Gasteiger partial charge in [0.25, 0.3) is 0 Å². The van der Waals surface area contributed by atoms with Gasteiger partial charge in [-0.2, -0.15) is 0 Å². The molecule has 1 aliphatic rings. The summed E-state index contributed by atoms with van der Waals surface area (Å²) in [5.41, 5.74) is 0.460. The van der Waals surface area contributed by atoms with Crippen molar-refractivity contribution in [2.45, 2.75) is 6.42 Å². The third-order valence-electron chi connectivity index (χ3n) is 3.39. The average molecular weight is 272 g/mol. The number of methoxy groups -OCH3 is 2. The number of benzene rings is 1. The number of hydrogen-bond acceptors (Lipinski definition) is 4. The van der Waals surface area contributed by atoms with Crippen LogP contribution in [0.5, 0.6) is 0 Å². The van der Waals surface area contributed by atoms with Crippen molar-refractivity contribution in [2.75, 3.05) is 14.2 Å². The van der Waals surface area contributed by atoms with Gasteiger partial charge in [0.2, 0.25) is 0 Å². The molecule has 0 bridgehead atoms. The molecule has 0 amide bonds. The quantitative estimate of drug-likeness (QED) is 0.626. The van der Waals surface area contributed by atoms with E-state index in [0.29, 0.717) is 0 Å². The van der Waals surface area contributed by atoms with Gasteiger partial charge in [0.1, 0.15) is 0 Å². The highest BCUT2D eigenvalue weighted by atomic mass is 16.5. The Labute approximate surface area is 117 Å². The summed E-state index contributed by atoms with van der Waals surface area (Å²) >= 11 is 0. The second-order valence-corrected chi connectivity index (χ2v) is 4.55. The van der Waals surface area contributed by atoms with Crippen molar-refractivity contribution in [3.63, 3.8) is 0 Å². The maximum absolute atomic E-state index is 12.1. The van der Waals surface area contributed by atoms with E-state index >= 15 is 0 Å². The van der Waals surface area contributed by atoms with Gasteiger partial charge < -0.3 is 9.47 Å². The zero-order valence-corrected chi connectivity index (χ0v) is 11.5. The van der Waals surface area contributed by atoms with Gasteiger partial charge in [-0.05, 0) is 11.1 Å². The Bertz CT molecular complexity index is 553. The van der Waals surface area contributed by atoms with Crippen molar-refractivity contribution in [1.82, 2.24) is 0 Å². The highest BCUT2D eigenvalue weighted by molar-refractivity contribution is 6.04. The maximum Gasteiger partial charge on any atom is 0.327 e. The van der Waals surface area contributed by atoms with Gasteiger partial charge in [-0.1, -0.05) is 48.6 Å². The summed E-state index contributed by atoms with van der Waals surface area (Å²) in [4.78, 5) is 24.1. The minimum atomic E-state index is -1.40. The number of carbonyl (C=O) groups excluding carboxylic acids is 2. The van der Waals surface area contributed by atoms with Crippen molar-refractivity contribution in [1.29, 1.82) is 0 Å². The molecule has 2 rings (SSSR count). The molecule has 0 fully saturated rings.